The lowest BCUT2D eigenvalue weighted by atomic mass is 10.0. The second-order valence-electron chi connectivity index (χ2n) is 5.88. The molecule has 4 heteroatoms. The smallest absolute Gasteiger partial charge is 0.222 e. The highest BCUT2D eigenvalue weighted by atomic mass is 16.3. The Kier molecular flexibility index (Phi) is 5.76. The lowest BCUT2D eigenvalue weighted by molar-refractivity contribution is -0.134. The van der Waals surface area contributed by atoms with Gasteiger partial charge in [0.05, 0.1) is 6.10 Å². The lowest BCUT2D eigenvalue weighted by Crippen LogP contribution is -2.52. The van der Waals surface area contributed by atoms with Crippen LogP contribution in [0.2, 0.25) is 0 Å². The van der Waals surface area contributed by atoms with Crippen molar-refractivity contribution in [3.63, 3.8) is 0 Å². The fraction of sp³-hybridized carbons (Fsp3) is 0.588. The number of aliphatic hydroxyl groups is 1. The summed E-state index contributed by atoms with van der Waals surface area (Å²) in [5.74, 6) is 0.131. The van der Waals surface area contributed by atoms with Crippen molar-refractivity contribution in [3.05, 3.63) is 35.4 Å². The summed E-state index contributed by atoms with van der Waals surface area (Å²) in [6, 6.07) is 8.41. The number of amides is 1. The van der Waals surface area contributed by atoms with Crippen molar-refractivity contribution < 1.29 is 9.90 Å². The number of hydrogen-bond donors (Lipinski definition) is 2. The second kappa shape index (κ2) is 7.57. The van der Waals surface area contributed by atoms with Gasteiger partial charge in [-0.05, 0) is 36.8 Å². The fourth-order valence-electron chi connectivity index (χ4n) is 2.72. The molecule has 3 N–H and O–H groups in total. The van der Waals surface area contributed by atoms with Gasteiger partial charge < -0.3 is 15.7 Å². The van der Waals surface area contributed by atoms with E-state index in [4.69, 9.17) is 5.73 Å². The van der Waals surface area contributed by atoms with Crippen LogP contribution in [0, 0.1) is 0 Å². The van der Waals surface area contributed by atoms with Crippen LogP contribution in [0.25, 0.3) is 0 Å². The molecule has 1 fully saturated rings. The zero-order valence-electron chi connectivity index (χ0n) is 12.8. The molecule has 0 bridgehead atoms. The third kappa shape index (κ3) is 4.55. The van der Waals surface area contributed by atoms with Crippen LogP contribution in [0.3, 0.4) is 0 Å². The number of piperidine rings is 1. The fourth-order valence-corrected chi connectivity index (χ4v) is 2.72. The molecule has 1 saturated heterocycles. The summed E-state index contributed by atoms with van der Waals surface area (Å²) in [7, 11) is 0. The number of rotatable bonds is 5. The van der Waals surface area contributed by atoms with Crippen molar-refractivity contribution in [2.45, 2.75) is 51.2 Å². The van der Waals surface area contributed by atoms with Crippen LogP contribution in [0.4, 0.5) is 0 Å². The molecule has 4 nitrogen and oxygen atoms in total. The molecule has 1 aliphatic rings. The highest BCUT2D eigenvalue weighted by molar-refractivity contribution is 5.76. The Labute approximate surface area is 126 Å². The van der Waals surface area contributed by atoms with Crippen LogP contribution in [-0.4, -0.2) is 41.1 Å². The topological polar surface area (TPSA) is 66.6 Å². The standard InChI is InChI=1S/C17H26N2O2/c1-2-13-6-8-14(9-7-13)4-3-5-17(21)19-11-10-15(18)16(20)12-19/h6-9,15-16,20H,2-5,10-12,18H2,1H3/t15-,16-/m1/s1. The molecule has 0 aliphatic carbocycles. The molecule has 2 rings (SSSR count). The molecule has 1 aromatic rings. The summed E-state index contributed by atoms with van der Waals surface area (Å²) in [5, 5.41) is 9.73. The van der Waals surface area contributed by atoms with Gasteiger partial charge >= 0.3 is 0 Å². The van der Waals surface area contributed by atoms with E-state index in [1.807, 2.05) is 0 Å². The summed E-state index contributed by atoms with van der Waals surface area (Å²) in [5.41, 5.74) is 8.37. The molecular weight excluding hydrogens is 264 g/mol. The number of benzene rings is 1. The van der Waals surface area contributed by atoms with E-state index in [0.717, 1.165) is 19.3 Å². The SMILES string of the molecule is CCc1ccc(CCCC(=O)N2CC[C@@H](N)[C@H](O)C2)cc1. The Morgan fingerprint density at radius 2 is 2.00 bits per heavy atom. The number of carbonyl (C=O) groups is 1. The van der Waals surface area contributed by atoms with Crippen LogP contribution in [0.1, 0.15) is 37.3 Å². The number of nitrogens with zero attached hydrogens (tertiary/aromatic N) is 1. The minimum absolute atomic E-state index is 0.131. The maximum Gasteiger partial charge on any atom is 0.222 e. The van der Waals surface area contributed by atoms with E-state index in [2.05, 4.69) is 31.2 Å². The van der Waals surface area contributed by atoms with Crippen LogP contribution in [0.15, 0.2) is 24.3 Å². The van der Waals surface area contributed by atoms with Gasteiger partial charge in [0.15, 0.2) is 0 Å². The Morgan fingerprint density at radius 3 is 2.62 bits per heavy atom. The molecule has 1 aliphatic heterocycles. The lowest BCUT2D eigenvalue weighted by Gasteiger charge is -2.34. The van der Waals surface area contributed by atoms with Gasteiger partial charge in [-0.1, -0.05) is 31.2 Å². The molecule has 0 radical (unpaired) electrons. The molecule has 0 saturated carbocycles. The molecule has 1 aromatic carbocycles. The largest absolute Gasteiger partial charge is 0.390 e. The van der Waals surface area contributed by atoms with Gasteiger partial charge in [0, 0.05) is 25.6 Å². The van der Waals surface area contributed by atoms with Crippen molar-refractivity contribution >= 4 is 5.91 Å². The van der Waals surface area contributed by atoms with E-state index in [9.17, 15) is 9.90 Å². The quantitative estimate of drug-likeness (QED) is 0.863. The summed E-state index contributed by atoms with van der Waals surface area (Å²) >= 11 is 0. The predicted octanol–water partition coefficient (Wildman–Crippen LogP) is 1.49. The Balaban J connectivity index is 1.73. The third-order valence-electron chi connectivity index (χ3n) is 4.27. The zero-order chi connectivity index (χ0) is 15.2. The van der Waals surface area contributed by atoms with E-state index in [1.54, 1.807) is 4.90 Å². The normalized spacial score (nSPS) is 22.3. The first-order valence-electron chi connectivity index (χ1n) is 7.89. The van der Waals surface area contributed by atoms with Gasteiger partial charge in [-0.25, -0.2) is 0 Å². The first kappa shape index (κ1) is 16.0. The van der Waals surface area contributed by atoms with Crippen LogP contribution >= 0.6 is 0 Å². The minimum Gasteiger partial charge on any atom is -0.390 e. The van der Waals surface area contributed by atoms with E-state index in [0.29, 0.717) is 25.9 Å². The maximum atomic E-state index is 12.1. The highest BCUT2D eigenvalue weighted by Crippen LogP contribution is 2.13. The monoisotopic (exact) mass is 290 g/mol. The van der Waals surface area contributed by atoms with Gasteiger partial charge in [-0.3, -0.25) is 4.79 Å². The Morgan fingerprint density at radius 1 is 1.33 bits per heavy atom. The van der Waals surface area contributed by atoms with Crippen LogP contribution in [0.5, 0.6) is 0 Å². The number of β-amino-alcohol motifs (C(OH)–C–C–N with tert-alkyl or cyclic N) is 1. The number of aryl methyl sites for hydroxylation is 2. The second-order valence-corrected chi connectivity index (χ2v) is 5.88. The van der Waals surface area contributed by atoms with Gasteiger partial charge in [0.2, 0.25) is 5.91 Å². The van der Waals surface area contributed by atoms with Gasteiger partial charge in [0.1, 0.15) is 0 Å². The maximum absolute atomic E-state index is 12.1. The minimum atomic E-state index is -0.579. The summed E-state index contributed by atoms with van der Waals surface area (Å²) in [6.07, 6.45) is 3.47. The molecule has 0 unspecified atom stereocenters. The van der Waals surface area contributed by atoms with Crippen LogP contribution in [-0.2, 0) is 17.6 Å². The van der Waals surface area contributed by atoms with Gasteiger partial charge in [-0.15, -0.1) is 0 Å². The average Bonchev–Trinajstić information content (AvgIpc) is 2.50. The molecule has 116 valence electrons. The number of hydrogen-bond acceptors (Lipinski definition) is 3. The summed E-state index contributed by atoms with van der Waals surface area (Å²) < 4.78 is 0. The first-order valence-corrected chi connectivity index (χ1v) is 7.89. The first-order chi connectivity index (χ1) is 10.1. The zero-order valence-corrected chi connectivity index (χ0v) is 12.8. The van der Waals surface area contributed by atoms with E-state index in [1.165, 1.54) is 11.1 Å². The third-order valence-corrected chi connectivity index (χ3v) is 4.27. The molecular formula is C17H26N2O2. The van der Waals surface area contributed by atoms with Crippen molar-refractivity contribution in [2.24, 2.45) is 5.73 Å². The van der Waals surface area contributed by atoms with Crippen molar-refractivity contribution in [1.29, 1.82) is 0 Å². The molecule has 0 spiro atoms. The van der Waals surface area contributed by atoms with E-state index in [-0.39, 0.29) is 11.9 Å². The van der Waals surface area contributed by atoms with Crippen LogP contribution < -0.4 is 5.73 Å². The Bertz CT molecular complexity index is 458. The number of aliphatic hydroxyl groups excluding tert-OH is 1. The molecule has 0 aromatic heterocycles. The number of nitrogens with two attached hydrogens (primary N) is 1. The van der Waals surface area contributed by atoms with Crippen molar-refractivity contribution in [2.75, 3.05) is 13.1 Å². The summed E-state index contributed by atoms with van der Waals surface area (Å²) in [6.45, 7) is 3.19. The number of carbonyl (C=O) groups excluding carboxylic acids is 1. The summed E-state index contributed by atoms with van der Waals surface area (Å²) in [4.78, 5) is 13.9. The number of likely N-dealkylation sites (tertiary alicyclic amines) is 1. The van der Waals surface area contributed by atoms with E-state index >= 15 is 0 Å². The highest BCUT2D eigenvalue weighted by Gasteiger charge is 2.27. The van der Waals surface area contributed by atoms with Gasteiger partial charge in [0.25, 0.3) is 0 Å². The predicted molar refractivity (Wildman–Crippen MR) is 83.9 cm³/mol. The Hall–Kier alpha value is -1.39. The average molecular weight is 290 g/mol. The molecule has 2 atom stereocenters. The molecule has 1 amide bonds. The van der Waals surface area contributed by atoms with Gasteiger partial charge in [-0.2, -0.15) is 0 Å². The van der Waals surface area contributed by atoms with Crippen molar-refractivity contribution in [3.8, 4) is 0 Å². The molecule has 1 heterocycles. The van der Waals surface area contributed by atoms with E-state index < -0.39 is 6.10 Å². The van der Waals surface area contributed by atoms with Crippen molar-refractivity contribution in [1.82, 2.24) is 4.90 Å². The molecule has 21 heavy (non-hydrogen) atoms.